The number of primary amides is 1. The largest absolute Gasteiger partial charge is 0.366 e. The summed E-state index contributed by atoms with van der Waals surface area (Å²) in [5, 5.41) is 0. The van der Waals surface area contributed by atoms with Crippen LogP contribution in [0.1, 0.15) is 0 Å². The zero-order valence-corrected chi connectivity index (χ0v) is 9.45. The summed E-state index contributed by atoms with van der Waals surface area (Å²) in [6, 6.07) is -1.19. The van der Waals surface area contributed by atoms with Crippen molar-refractivity contribution in [2.24, 2.45) is 10.7 Å². The lowest BCUT2D eigenvalue weighted by Crippen LogP contribution is -2.61. The molecule has 0 bridgehead atoms. The lowest BCUT2D eigenvalue weighted by atomic mass is 10.1. The van der Waals surface area contributed by atoms with E-state index < -0.39 is 23.9 Å². The van der Waals surface area contributed by atoms with Gasteiger partial charge in [0.2, 0.25) is 0 Å². The molecule has 0 saturated carbocycles. The van der Waals surface area contributed by atoms with Crippen LogP contribution in [-0.4, -0.2) is 71.1 Å². The number of rotatable bonds is 2. The van der Waals surface area contributed by atoms with Gasteiger partial charge in [0.25, 0.3) is 30.0 Å². The molecule has 2 N–H and O–H groups in total. The normalized spacial score (nSPS) is 23.5. The zero-order chi connectivity index (χ0) is 12.7. The van der Waals surface area contributed by atoms with Crippen molar-refractivity contribution < 1.29 is 19.0 Å². The van der Waals surface area contributed by atoms with Gasteiger partial charge in [0.1, 0.15) is 0 Å². The van der Waals surface area contributed by atoms with E-state index in [9.17, 15) is 14.4 Å². The van der Waals surface area contributed by atoms with Crippen molar-refractivity contribution in [3.63, 3.8) is 0 Å². The Morgan fingerprint density at radius 2 is 2.12 bits per heavy atom. The summed E-state index contributed by atoms with van der Waals surface area (Å²) in [5.74, 6) is -0.658. The lowest BCUT2D eigenvalue weighted by molar-refractivity contribution is -0.519. The first-order valence-electron chi connectivity index (χ1n) is 4.94. The van der Waals surface area contributed by atoms with E-state index in [1.165, 1.54) is 29.9 Å². The Labute approximate surface area is 97.0 Å². The van der Waals surface area contributed by atoms with E-state index in [-0.39, 0.29) is 6.54 Å². The van der Waals surface area contributed by atoms with Crippen molar-refractivity contribution in [2.75, 3.05) is 20.6 Å². The van der Waals surface area contributed by atoms with E-state index in [1.54, 1.807) is 0 Å². The van der Waals surface area contributed by atoms with E-state index in [4.69, 9.17) is 5.73 Å². The van der Waals surface area contributed by atoms with Gasteiger partial charge < -0.3 is 5.73 Å². The Morgan fingerprint density at radius 3 is 2.71 bits per heavy atom. The first-order valence-corrected chi connectivity index (χ1v) is 4.94. The number of likely N-dealkylation sites (N-methyl/N-ethyl adjacent to an activating group) is 2. The number of fused-ring (bicyclic) bond motifs is 1. The fourth-order valence-electron chi connectivity index (χ4n) is 1.85. The molecule has 0 aliphatic carbocycles. The monoisotopic (exact) mass is 238 g/mol. The molecule has 1 atom stereocenters. The SMILES string of the molecule is CN1C(=O)C2C(=NC=[N+]2CC(N)=O)N(C)C1=O. The summed E-state index contributed by atoms with van der Waals surface area (Å²) in [5.41, 5.74) is 5.08. The highest BCUT2D eigenvalue weighted by Crippen LogP contribution is 2.16. The molecule has 1 saturated heterocycles. The molecule has 17 heavy (non-hydrogen) atoms. The van der Waals surface area contributed by atoms with Crippen molar-refractivity contribution in [1.29, 1.82) is 0 Å². The second kappa shape index (κ2) is 3.65. The molecular formula is C9H12N5O3+. The van der Waals surface area contributed by atoms with Crippen LogP contribution in [0.3, 0.4) is 0 Å². The quantitative estimate of drug-likeness (QED) is 0.553. The zero-order valence-electron chi connectivity index (χ0n) is 9.45. The van der Waals surface area contributed by atoms with Crippen LogP contribution in [0.25, 0.3) is 0 Å². The number of aliphatic imine (C=N–C) groups is 1. The van der Waals surface area contributed by atoms with Crippen LogP contribution in [0, 0.1) is 0 Å². The summed E-state index contributed by atoms with van der Waals surface area (Å²) in [6.07, 6.45) is 1.35. The molecule has 2 aliphatic rings. The molecule has 2 aliphatic heterocycles. The van der Waals surface area contributed by atoms with Crippen LogP contribution in [0.15, 0.2) is 4.99 Å². The summed E-state index contributed by atoms with van der Waals surface area (Å²) in [4.78, 5) is 40.7. The van der Waals surface area contributed by atoms with E-state index in [0.29, 0.717) is 5.84 Å². The number of nitrogens with zero attached hydrogens (tertiary/aromatic N) is 4. The van der Waals surface area contributed by atoms with Gasteiger partial charge in [-0.15, -0.1) is 0 Å². The molecule has 8 heteroatoms. The molecule has 2 heterocycles. The third-order valence-corrected chi connectivity index (χ3v) is 2.73. The van der Waals surface area contributed by atoms with Crippen LogP contribution in [0.5, 0.6) is 0 Å². The summed E-state index contributed by atoms with van der Waals surface area (Å²) >= 11 is 0. The summed E-state index contributed by atoms with van der Waals surface area (Å²) in [7, 11) is 2.91. The molecule has 8 nitrogen and oxygen atoms in total. The van der Waals surface area contributed by atoms with Gasteiger partial charge in [-0.3, -0.25) is 19.4 Å². The molecule has 0 radical (unpaired) electrons. The molecule has 0 aromatic heterocycles. The predicted octanol–water partition coefficient (Wildman–Crippen LogP) is -2.18. The van der Waals surface area contributed by atoms with Crippen LogP contribution in [0.4, 0.5) is 4.79 Å². The summed E-state index contributed by atoms with van der Waals surface area (Å²) < 4.78 is 1.42. The maximum atomic E-state index is 11.9. The van der Waals surface area contributed by atoms with E-state index >= 15 is 0 Å². The molecule has 1 fully saturated rings. The van der Waals surface area contributed by atoms with Crippen LogP contribution < -0.4 is 5.73 Å². The van der Waals surface area contributed by atoms with E-state index in [2.05, 4.69) is 4.99 Å². The van der Waals surface area contributed by atoms with Gasteiger partial charge in [0, 0.05) is 14.1 Å². The average molecular weight is 238 g/mol. The number of carbonyl (C=O) groups is 3. The van der Waals surface area contributed by atoms with Crippen molar-refractivity contribution >= 4 is 30.0 Å². The number of hydrogen-bond acceptors (Lipinski definition) is 4. The first-order chi connectivity index (χ1) is 7.93. The molecule has 2 rings (SSSR count). The van der Waals surface area contributed by atoms with Gasteiger partial charge in [-0.1, -0.05) is 0 Å². The standard InChI is InChI=1S/C9H11N5O3/c1-12-7-6(8(16)13(2)9(12)17)14(4-11-7)3-5(10)15/h4,6H,3H2,1-2H3,(H-,10,15)/p+1. The molecule has 0 aromatic carbocycles. The number of nitrogens with two attached hydrogens (primary N) is 1. The van der Waals surface area contributed by atoms with E-state index in [1.807, 2.05) is 0 Å². The fourth-order valence-corrected chi connectivity index (χ4v) is 1.85. The Balaban J connectivity index is 2.32. The van der Waals surface area contributed by atoms with Crippen molar-refractivity contribution in [2.45, 2.75) is 6.04 Å². The molecule has 0 aromatic rings. The molecule has 1 unspecified atom stereocenters. The van der Waals surface area contributed by atoms with Crippen molar-refractivity contribution in [3.05, 3.63) is 0 Å². The van der Waals surface area contributed by atoms with Gasteiger partial charge in [-0.05, 0) is 4.99 Å². The lowest BCUT2D eigenvalue weighted by Gasteiger charge is -2.30. The number of hydrogen-bond donors (Lipinski definition) is 1. The number of urea groups is 1. The number of amidine groups is 1. The minimum atomic E-state index is -0.741. The van der Waals surface area contributed by atoms with Gasteiger partial charge >= 0.3 is 6.03 Å². The Hall–Kier alpha value is -2.25. The number of amides is 4. The highest BCUT2D eigenvalue weighted by atomic mass is 16.2. The van der Waals surface area contributed by atoms with Gasteiger partial charge in [-0.25, -0.2) is 9.37 Å². The van der Waals surface area contributed by atoms with E-state index in [0.717, 1.165) is 4.90 Å². The molecule has 4 amide bonds. The predicted molar refractivity (Wildman–Crippen MR) is 57.5 cm³/mol. The van der Waals surface area contributed by atoms with Gasteiger partial charge in [-0.2, -0.15) is 0 Å². The second-order valence-corrected chi connectivity index (χ2v) is 3.88. The third kappa shape index (κ3) is 1.57. The van der Waals surface area contributed by atoms with Gasteiger partial charge in [0.15, 0.2) is 6.54 Å². The summed E-state index contributed by atoms with van der Waals surface area (Å²) in [6.45, 7) is -0.112. The first kappa shape index (κ1) is 11.2. The molecule has 0 spiro atoms. The van der Waals surface area contributed by atoms with Gasteiger partial charge in [0.05, 0.1) is 0 Å². The Morgan fingerprint density at radius 1 is 1.47 bits per heavy atom. The second-order valence-electron chi connectivity index (χ2n) is 3.88. The van der Waals surface area contributed by atoms with Crippen molar-refractivity contribution in [1.82, 2.24) is 9.80 Å². The smallest absolute Gasteiger partial charge is 0.333 e. The Bertz CT molecular complexity index is 481. The topological polar surface area (TPSA) is 99.1 Å². The van der Waals surface area contributed by atoms with Crippen molar-refractivity contribution in [3.8, 4) is 0 Å². The maximum absolute atomic E-state index is 11.9. The minimum Gasteiger partial charge on any atom is -0.366 e. The maximum Gasteiger partial charge on any atom is 0.333 e. The average Bonchev–Trinajstić information content (AvgIpc) is 2.66. The highest BCUT2D eigenvalue weighted by molar-refractivity contribution is 6.21. The molecular weight excluding hydrogens is 226 g/mol. The Kier molecular flexibility index (Phi) is 2.41. The fraction of sp³-hybridized carbons (Fsp3) is 0.444. The van der Waals surface area contributed by atoms with Crippen LogP contribution >= 0.6 is 0 Å². The minimum absolute atomic E-state index is 0.112. The number of imide groups is 1. The van der Waals surface area contributed by atoms with Crippen LogP contribution in [0.2, 0.25) is 0 Å². The van der Waals surface area contributed by atoms with Crippen LogP contribution in [-0.2, 0) is 9.59 Å². The highest BCUT2D eigenvalue weighted by Gasteiger charge is 2.50. The third-order valence-electron chi connectivity index (χ3n) is 2.73. The number of carbonyl (C=O) groups excluding carboxylic acids is 3. The molecule has 90 valence electrons.